The summed E-state index contributed by atoms with van der Waals surface area (Å²) in [6.07, 6.45) is 2.37. The van der Waals surface area contributed by atoms with Gasteiger partial charge in [0.05, 0.1) is 12.1 Å². The van der Waals surface area contributed by atoms with Crippen LogP contribution in [0.5, 0.6) is 0 Å². The molecular weight excluding hydrogens is 252 g/mol. The summed E-state index contributed by atoms with van der Waals surface area (Å²) in [6.45, 7) is 0. The summed E-state index contributed by atoms with van der Waals surface area (Å²) in [5.41, 5.74) is 2.67. The van der Waals surface area contributed by atoms with Crippen molar-refractivity contribution >= 4 is 17.6 Å². The lowest BCUT2D eigenvalue weighted by molar-refractivity contribution is -0.136. The highest BCUT2D eigenvalue weighted by Gasteiger charge is 2.11. The van der Waals surface area contributed by atoms with Gasteiger partial charge in [-0.3, -0.25) is 9.48 Å². The summed E-state index contributed by atoms with van der Waals surface area (Å²) < 4.78 is 1.69. The molecule has 4 nitrogen and oxygen atoms in total. The number of nitrogens with zero attached hydrogens (tertiary/aromatic N) is 2. The van der Waals surface area contributed by atoms with E-state index in [0.29, 0.717) is 11.4 Å². The zero-order valence-electron chi connectivity index (χ0n) is 9.93. The minimum Gasteiger partial charge on any atom is -0.481 e. The molecular formula is C13H13ClN2O2. The van der Waals surface area contributed by atoms with E-state index in [4.69, 9.17) is 16.7 Å². The van der Waals surface area contributed by atoms with Crippen LogP contribution in [0.4, 0.5) is 0 Å². The van der Waals surface area contributed by atoms with Gasteiger partial charge >= 0.3 is 5.97 Å². The van der Waals surface area contributed by atoms with Crippen molar-refractivity contribution in [3.05, 3.63) is 41.2 Å². The molecule has 2 rings (SSSR count). The van der Waals surface area contributed by atoms with Gasteiger partial charge in [0.2, 0.25) is 0 Å². The van der Waals surface area contributed by atoms with E-state index in [1.165, 1.54) is 0 Å². The molecule has 94 valence electrons. The molecule has 1 heterocycles. The van der Waals surface area contributed by atoms with Crippen LogP contribution in [0.15, 0.2) is 30.5 Å². The number of rotatable bonds is 4. The first-order chi connectivity index (χ1) is 8.56. The van der Waals surface area contributed by atoms with E-state index in [1.54, 1.807) is 10.7 Å². The second-order valence-corrected chi connectivity index (χ2v) is 4.50. The van der Waals surface area contributed by atoms with Gasteiger partial charge in [-0.25, -0.2) is 0 Å². The fourth-order valence-corrected chi connectivity index (χ4v) is 2.03. The van der Waals surface area contributed by atoms with Crippen molar-refractivity contribution in [2.75, 3.05) is 0 Å². The molecule has 0 bridgehead atoms. The number of hydrogen-bond acceptors (Lipinski definition) is 2. The number of carboxylic acid groups (broad SMARTS) is 1. The van der Waals surface area contributed by atoms with Gasteiger partial charge in [-0.05, 0) is 17.7 Å². The van der Waals surface area contributed by atoms with Crippen LogP contribution in [0.2, 0.25) is 5.02 Å². The van der Waals surface area contributed by atoms with E-state index in [1.807, 2.05) is 31.4 Å². The Labute approximate surface area is 110 Å². The Morgan fingerprint density at radius 3 is 2.94 bits per heavy atom. The molecule has 5 heteroatoms. The third-order valence-corrected chi connectivity index (χ3v) is 2.85. The third-order valence-electron chi connectivity index (χ3n) is 2.62. The van der Waals surface area contributed by atoms with E-state index in [-0.39, 0.29) is 6.42 Å². The number of hydrogen-bond donors (Lipinski definition) is 1. The minimum absolute atomic E-state index is 0.0740. The second-order valence-electron chi connectivity index (χ2n) is 4.07. The predicted molar refractivity (Wildman–Crippen MR) is 69.6 cm³/mol. The van der Waals surface area contributed by atoms with Gasteiger partial charge < -0.3 is 5.11 Å². The van der Waals surface area contributed by atoms with Crippen molar-refractivity contribution in [1.82, 2.24) is 9.78 Å². The molecule has 0 amide bonds. The summed E-state index contributed by atoms with van der Waals surface area (Å²) in [5.74, 6) is -0.822. The highest BCUT2D eigenvalue weighted by molar-refractivity contribution is 6.30. The average molecular weight is 265 g/mol. The monoisotopic (exact) mass is 264 g/mol. The fraction of sp³-hybridized carbons (Fsp3) is 0.231. The Bertz CT molecular complexity index is 578. The highest BCUT2D eigenvalue weighted by Crippen LogP contribution is 2.26. The molecule has 1 aromatic carbocycles. The zero-order chi connectivity index (χ0) is 13.1. The standard InChI is InChI=1S/C13H13ClN2O2/c1-16-8-11(9-3-2-4-10(14)7-9)12(15-16)5-6-13(17)18/h2-4,7-8H,5-6H2,1H3,(H,17,18). The molecule has 0 aliphatic carbocycles. The van der Waals surface area contributed by atoms with Gasteiger partial charge in [-0.1, -0.05) is 23.7 Å². The van der Waals surface area contributed by atoms with Crippen LogP contribution in [0.1, 0.15) is 12.1 Å². The lowest BCUT2D eigenvalue weighted by atomic mass is 10.0. The van der Waals surface area contributed by atoms with Crippen molar-refractivity contribution < 1.29 is 9.90 Å². The van der Waals surface area contributed by atoms with E-state index in [0.717, 1.165) is 16.8 Å². The SMILES string of the molecule is Cn1cc(-c2cccc(Cl)c2)c(CCC(=O)O)n1. The Balaban J connectivity index is 2.35. The van der Waals surface area contributed by atoms with Crippen LogP contribution in [-0.2, 0) is 18.3 Å². The van der Waals surface area contributed by atoms with E-state index < -0.39 is 5.97 Å². The number of carbonyl (C=O) groups is 1. The first kappa shape index (κ1) is 12.6. The van der Waals surface area contributed by atoms with E-state index in [2.05, 4.69) is 5.10 Å². The maximum absolute atomic E-state index is 10.6. The third kappa shape index (κ3) is 2.90. The molecule has 0 fully saturated rings. The average Bonchev–Trinajstić information content (AvgIpc) is 2.68. The summed E-state index contributed by atoms with van der Waals surface area (Å²) in [6, 6.07) is 7.46. The number of carboxylic acids is 1. The molecule has 1 aromatic heterocycles. The predicted octanol–water partition coefficient (Wildman–Crippen LogP) is 2.76. The number of aromatic nitrogens is 2. The van der Waals surface area contributed by atoms with E-state index >= 15 is 0 Å². The molecule has 1 N–H and O–H groups in total. The van der Waals surface area contributed by atoms with Crippen LogP contribution < -0.4 is 0 Å². The lowest BCUT2D eigenvalue weighted by Crippen LogP contribution is -1.99. The Morgan fingerprint density at radius 2 is 2.28 bits per heavy atom. The lowest BCUT2D eigenvalue weighted by Gasteiger charge is -2.01. The van der Waals surface area contributed by atoms with E-state index in [9.17, 15) is 4.79 Å². The number of aliphatic carboxylic acids is 1. The van der Waals surface area contributed by atoms with Gasteiger partial charge in [0.1, 0.15) is 0 Å². The number of benzene rings is 1. The number of aryl methyl sites for hydroxylation is 2. The molecule has 18 heavy (non-hydrogen) atoms. The molecule has 0 atom stereocenters. The van der Waals surface area contributed by atoms with Gasteiger partial charge in [0.25, 0.3) is 0 Å². The van der Waals surface area contributed by atoms with Crippen molar-refractivity contribution in [1.29, 1.82) is 0 Å². The molecule has 0 spiro atoms. The van der Waals surface area contributed by atoms with Crippen molar-refractivity contribution in [3.63, 3.8) is 0 Å². The topological polar surface area (TPSA) is 55.1 Å². The van der Waals surface area contributed by atoms with Crippen LogP contribution in [0, 0.1) is 0 Å². The molecule has 0 radical (unpaired) electrons. The molecule has 0 saturated carbocycles. The highest BCUT2D eigenvalue weighted by atomic mass is 35.5. The quantitative estimate of drug-likeness (QED) is 0.924. The van der Waals surface area contributed by atoms with Crippen molar-refractivity contribution in [3.8, 4) is 11.1 Å². The Morgan fingerprint density at radius 1 is 1.50 bits per heavy atom. The van der Waals surface area contributed by atoms with Crippen molar-refractivity contribution in [2.24, 2.45) is 7.05 Å². The van der Waals surface area contributed by atoms with Gasteiger partial charge in [0, 0.05) is 30.3 Å². The largest absolute Gasteiger partial charge is 0.481 e. The first-order valence-electron chi connectivity index (χ1n) is 5.56. The Kier molecular flexibility index (Phi) is 3.67. The van der Waals surface area contributed by atoms with Gasteiger partial charge in [0.15, 0.2) is 0 Å². The van der Waals surface area contributed by atoms with Gasteiger partial charge in [-0.2, -0.15) is 5.10 Å². The van der Waals surface area contributed by atoms with Crippen LogP contribution >= 0.6 is 11.6 Å². The maximum atomic E-state index is 10.6. The maximum Gasteiger partial charge on any atom is 0.303 e. The Hall–Kier alpha value is -1.81. The normalized spacial score (nSPS) is 10.6. The minimum atomic E-state index is -0.822. The summed E-state index contributed by atoms with van der Waals surface area (Å²) >= 11 is 5.96. The number of halogens is 1. The van der Waals surface area contributed by atoms with Crippen LogP contribution in [-0.4, -0.2) is 20.9 Å². The second kappa shape index (κ2) is 5.23. The van der Waals surface area contributed by atoms with Gasteiger partial charge in [-0.15, -0.1) is 0 Å². The molecule has 2 aromatic rings. The molecule has 0 saturated heterocycles. The molecule has 0 unspecified atom stereocenters. The summed E-state index contributed by atoms with van der Waals surface area (Å²) in [5, 5.41) is 13.7. The molecule has 0 aliphatic heterocycles. The smallest absolute Gasteiger partial charge is 0.303 e. The fourth-order valence-electron chi connectivity index (χ4n) is 1.84. The van der Waals surface area contributed by atoms with Crippen LogP contribution in [0.3, 0.4) is 0 Å². The summed E-state index contributed by atoms with van der Waals surface area (Å²) in [7, 11) is 1.82. The van der Waals surface area contributed by atoms with Crippen molar-refractivity contribution in [2.45, 2.75) is 12.8 Å². The summed E-state index contributed by atoms with van der Waals surface area (Å²) in [4.78, 5) is 10.6. The molecule has 0 aliphatic rings. The first-order valence-corrected chi connectivity index (χ1v) is 5.94. The van der Waals surface area contributed by atoms with Crippen LogP contribution in [0.25, 0.3) is 11.1 Å². The zero-order valence-corrected chi connectivity index (χ0v) is 10.7.